The molecule has 0 spiro atoms. The molecular formula is C68H86N6O14. The fourth-order valence-electron chi connectivity index (χ4n) is 11.6. The van der Waals surface area contributed by atoms with E-state index >= 15 is 9.59 Å². The monoisotopic (exact) mass is 1210 g/mol. The zero-order valence-electron chi connectivity index (χ0n) is 53.2. The summed E-state index contributed by atoms with van der Waals surface area (Å²) in [6, 6.07) is 21.7. The Morgan fingerprint density at radius 2 is 0.636 bits per heavy atom. The zero-order chi connectivity index (χ0) is 64.6. The molecule has 0 radical (unpaired) electrons. The van der Waals surface area contributed by atoms with Gasteiger partial charge in [0.05, 0.1) is 33.6 Å². The number of hydrogen-bond acceptors (Lipinski definition) is 16. The Morgan fingerprint density at radius 3 is 0.909 bits per heavy atom. The zero-order valence-corrected chi connectivity index (χ0v) is 53.2. The highest BCUT2D eigenvalue weighted by atomic mass is 16.6. The molecule has 8 atom stereocenters. The molecule has 3 aliphatic rings. The summed E-state index contributed by atoms with van der Waals surface area (Å²) < 4.78 is 24.9. The van der Waals surface area contributed by atoms with Crippen LogP contribution in [0, 0.1) is 23.7 Å². The van der Waals surface area contributed by atoms with Crippen molar-refractivity contribution in [2.75, 3.05) is 51.1 Å². The van der Waals surface area contributed by atoms with Crippen LogP contribution in [0.15, 0.2) is 97.1 Å². The normalized spacial score (nSPS) is 23.9. The van der Waals surface area contributed by atoms with Crippen molar-refractivity contribution >= 4 is 70.7 Å². The minimum Gasteiger partial charge on any atom is -0.460 e. The molecule has 4 aromatic carbocycles. The molecule has 3 aliphatic heterocycles. The van der Waals surface area contributed by atoms with Gasteiger partial charge in [-0.25, -0.2) is 19.4 Å². The summed E-state index contributed by atoms with van der Waals surface area (Å²) >= 11 is 0. The van der Waals surface area contributed by atoms with Gasteiger partial charge in [0, 0.05) is 40.0 Å². The lowest BCUT2D eigenvalue weighted by molar-refractivity contribution is -0.171. The fourth-order valence-corrected chi connectivity index (χ4v) is 11.6. The fraction of sp³-hybridized carbons (Fsp3) is 0.500. The van der Waals surface area contributed by atoms with Gasteiger partial charge in [-0.05, 0) is 137 Å². The summed E-state index contributed by atoms with van der Waals surface area (Å²) in [6.07, 6.45) is -4.27. The Morgan fingerprint density at radius 1 is 0.375 bits per heavy atom. The largest absolute Gasteiger partial charge is 0.460 e. The molecule has 0 saturated carbocycles. The summed E-state index contributed by atoms with van der Waals surface area (Å²) in [4.78, 5) is 151. The third-order valence-corrected chi connectivity index (χ3v) is 16.2. The Kier molecular flexibility index (Phi) is 22.4. The van der Waals surface area contributed by atoms with E-state index < -0.39 is 108 Å². The molecule has 6 amide bonds. The number of cyclic esters (lactones) is 4. The molecule has 472 valence electrons. The van der Waals surface area contributed by atoms with Crippen LogP contribution >= 0.6 is 0 Å². The summed E-state index contributed by atoms with van der Waals surface area (Å²) in [6.45, 7) is 18.6. The van der Waals surface area contributed by atoms with E-state index in [9.17, 15) is 38.4 Å². The number of rotatable bonds is 14. The van der Waals surface area contributed by atoms with Crippen molar-refractivity contribution < 1.29 is 66.9 Å². The number of amides is 6. The third kappa shape index (κ3) is 16.0. The number of nitrogens with zero attached hydrogens (tertiary/aromatic N) is 6. The van der Waals surface area contributed by atoms with Crippen molar-refractivity contribution in [2.24, 2.45) is 23.7 Å². The highest BCUT2D eigenvalue weighted by molar-refractivity contribution is 6.35. The van der Waals surface area contributed by atoms with Crippen molar-refractivity contribution in [2.45, 2.75) is 156 Å². The van der Waals surface area contributed by atoms with Crippen LogP contribution in [-0.2, 0) is 60.6 Å². The van der Waals surface area contributed by atoms with Crippen LogP contribution in [0.4, 0.5) is 11.4 Å². The molecule has 88 heavy (non-hydrogen) atoms. The molecule has 0 N–H and O–H groups in total. The van der Waals surface area contributed by atoms with Gasteiger partial charge in [0.15, 0.2) is 12.2 Å². The average molecular weight is 1210 g/mol. The molecule has 0 aromatic heterocycles. The minimum atomic E-state index is -1.50. The lowest BCUT2D eigenvalue weighted by atomic mass is 10.00. The molecule has 1 fully saturated rings. The van der Waals surface area contributed by atoms with E-state index in [2.05, 4.69) is 0 Å². The topological polar surface area (TPSA) is 227 Å². The Bertz CT molecular complexity index is 2950. The van der Waals surface area contributed by atoms with Gasteiger partial charge in [0.2, 0.25) is 0 Å². The highest BCUT2D eigenvalue weighted by Crippen LogP contribution is 2.32. The second-order valence-corrected chi connectivity index (χ2v) is 25.4. The Balaban J connectivity index is 1.23. The maximum atomic E-state index is 15.1. The van der Waals surface area contributed by atoms with E-state index in [1.54, 1.807) is 135 Å². The van der Waals surface area contributed by atoms with Gasteiger partial charge >= 0.3 is 23.9 Å². The van der Waals surface area contributed by atoms with Gasteiger partial charge in [-0.15, -0.1) is 0 Å². The van der Waals surface area contributed by atoms with Crippen LogP contribution in [0.3, 0.4) is 0 Å². The van der Waals surface area contributed by atoms with Crippen molar-refractivity contribution in [1.82, 2.24) is 19.6 Å². The second-order valence-electron chi connectivity index (χ2n) is 25.4. The minimum absolute atomic E-state index is 0.00423. The van der Waals surface area contributed by atoms with Gasteiger partial charge < -0.3 is 28.7 Å². The van der Waals surface area contributed by atoms with Gasteiger partial charge in [0.1, 0.15) is 36.4 Å². The standard InChI is InChI=1S/C68H86N6O14/c1-39(2)31-53-65(81)87-57(35-45-23-27-47(28-24-45)73-59(75)49-19-15-16-20-50(49)60(73)76)63(79)71(13)56(34-42(7)8)68(84)86-44(10)38-70(12)54(32-40(3)4)66(82)88-58(64(80)72(14)55(33-41(5)6)67(83)85-43(9)37-69(53)11)36-46-25-29-48(30-26-46)74-61(77)51-21-17-18-22-52(51)62(74)78/h15-30,39-44,53-58H,31-38H2,1-14H3. The molecule has 20 nitrogen and oxygen atoms in total. The summed E-state index contributed by atoms with van der Waals surface area (Å²) in [5.74, 6) is -6.72. The first-order chi connectivity index (χ1) is 41.6. The first-order valence-electron chi connectivity index (χ1n) is 30.5. The number of anilines is 2. The van der Waals surface area contributed by atoms with Gasteiger partial charge in [-0.1, -0.05) is 104 Å². The van der Waals surface area contributed by atoms with Crippen LogP contribution in [-0.4, -0.2) is 169 Å². The molecule has 8 unspecified atom stereocenters. The third-order valence-electron chi connectivity index (χ3n) is 16.2. The number of ether oxygens (including phenoxy) is 4. The summed E-state index contributed by atoms with van der Waals surface area (Å²) in [5, 5.41) is 0. The first-order valence-corrected chi connectivity index (χ1v) is 30.5. The van der Waals surface area contributed by atoms with E-state index in [-0.39, 0.29) is 97.5 Å². The maximum absolute atomic E-state index is 15.1. The van der Waals surface area contributed by atoms with Gasteiger partial charge in [-0.3, -0.25) is 48.2 Å². The maximum Gasteiger partial charge on any atom is 0.329 e. The van der Waals surface area contributed by atoms with Crippen LogP contribution < -0.4 is 9.80 Å². The average Bonchev–Trinajstić information content (AvgIpc) is 1.68. The predicted octanol–water partition coefficient (Wildman–Crippen LogP) is 8.21. The van der Waals surface area contributed by atoms with E-state index in [1.165, 1.54) is 23.9 Å². The molecule has 20 heteroatoms. The molecule has 4 aromatic rings. The van der Waals surface area contributed by atoms with E-state index in [1.807, 2.05) is 55.4 Å². The van der Waals surface area contributed by atoms with Crippen LogP contribution in [0.5, 0.6) is 0 Å². The molecule has 0 bridgehead atoms. The number of likely N-dealkylation sites (N-methyl/N-ethyl adjacent to an activating group) is 4. The SMILES string of the molecule is CC(C)CC1C(=O)OC(Cc2ccc(N3C(=O)c4ccccc4C3=O)cc2)C(=O)N(C)C(CC(C)C)C(=O)OC(C)CN(C)C(CC(C)C)C(=O)OC(Cc2ccc(N3C(=O)c4ccccc4C3=O)cc2)C(=O)N(C)C(CC(C)C)C(=O)OC(C)CN1C. The van der Waals surface area contributed by atoms with Gasteiger partial charge in [0.25, 0.3) is 35.4 Å². The number of carbonyl (C=O) groups excluding carboxylic acids is 10. The van der Waals surface area contributed by atoms with Crippen molar-refractivity contribution in [1.29, 1.82) is 0 Å². The first kappa shape index (κ1) is 67.4. The number of benzene rings is 4. The molecular weight excluding hydrogens is 1120 g/mol. The van der Waals surface area contributed by atoms with E-state index in [4.69, 9.17) is 18.9 Å². The second kappa shape index (κ2) is 29.3. The molecule has 1 saturated heterocycles. The van der Waals surface area contributed by atoms with Crippen molar-refractivity contribution in [3.63, 3.8) is 0 Å². The summed E-state index contributed by atoms with van der Waals surface area (Å²) in [5.41, 5.74) is 2.73. The molecule has 3 heterocycles. The lowest BCUT2D eigenvalue weighted by Crippen LogP contribution is -2.53. The van der Waals surface area contributed by atoms with Crippen molar-refractivity contribution in [3.05, 3.63) is 130 Å². The number of hydrogen-bond donors (Lipinski definition) is 0. The van der Waals surface area contributed by atoms with Crippen LogP contribution in [0.25, 0.3) is 0 Å². The Hall–Kier alpha value is -8.10. The number of esters is 4. The number of carbonyl (C=O) groups is 10. The predicted molar refractivity (Wildman–Crippen MR) is 330 cm³/mol. The molecule has 0 aliphatic carbocycles. The number of imide groups is 2. The Labute approximate surface area is 516 Å². The van der Waals surface area contributed by atoms with Crippen LogP contribution in [0.2, 0.25) is 0 Å². The molecule has 7 rings (SSSR count). The van der Waals surface area contributed by atoms with Crippen LogP contribution in [0.1, 0.15) is 147 Å². The van der Waals surface area contributed by atoms with Crippen molar-refractivity contribution in [3.8, 4) is 0 Å². The van der Waals surface area contributed by atoms with Gasteiger partial charge in [-0.2, -0.15) is 0 Å². The quantitative estimate of drug-likeness (QED) is 0.0658. The summed E-state index contributed by atoms with van der Waals surface area (Å²) in [7, 11) is 6.26. The lowest BCUT2D eigenvalue weighted by Gasteiger charge is -2.35. The van der Waals surface area contributed by atoms with E-state index in [0.29, 0.717) is 22.5 Å². The smallest absolute Gasteiger partial charge is 0.329 e. The number of fused-ring (bicyclic) bond motifs is 2. The van der Waals surface area contributed by atoms with E-state index in [0.717, 1.165) is 9.80 Å². The highest BCUT2D eigenvalue weighted by Gasteiger charge is 2.43.